The second-order valence-electron chi connectivity index (χ2n) is 4.43. The van der Waals surface area contributed by atoms with Crippen molar-refractivity contribution in [3.63, 3.8) is 0 Å². The van der Waals surface area contributed by atoms with E-state index in [1.165, 1.54) is 0 Å². The van der Waals surface area contributed by atoms with Gasteiger partial charge < -0.3 is 14.8 Å². The standard InChI is InChI=1S/C15H15NO4/c1-10-2-4-11(5-3-10)12-6-7-13(20-12)15(19)16-9-8-14(17)18/h2-7H,8-9H2,1H3,(H,16,19)(H,17,18). The van der Waals surface area contributed by atoms with E-state index in [9.17, 15) is 9.59 Å². The summed E-state index contributed by atoms with van der Waals surface area (Å²) in [5.41, 5.74) is 2.03. The van der Waals surface area contributed by atoms with Gasteiger partial charge in [-0.05, 0) is 19.1 Å². The number of amides is 1. The van der Waals surface area contributed by atoms with Crippen LogP contribution in [0.2, 0.25) is 0 Å². The molecule has 2 rings (SSSR count). The topological polar surface area (TPSA) is 79.5 Å². The van der Waals surface area contributed by atoms with Gasteiger partial charge in [-0.15, -0.1) is 0 Å². The van der Waals surface area contributed by atoms with Crippen LogP contribution in [0, 0.1) is 6.92 Å². The quantitative estimate of drug-likeness (QED) is 0.877. The van der Waals surface area contributed by atoms with Crippen molar-refractivity contribution in [3.8, 4) is 11.3 Å². The van der Waals surface area contributed by atoms with E-state index in [0.717, 1.165) is 11.1 Å². The van der Waals surface area contributed by atoms with Gasteiger partial charge in [0.25, 0.3) is 5.91 Å². The number of rotatable bonds is 5. The summed E-state index contributed by atoms with van der Waals surface area (Å²) in [6.07, 6.45) is -0.114. The van der Waals surface area contributed by atoms with Crippen molar-refractivity contribution in [2.24, 2.45) is 0 Å². The fourth-order valence-corrected chi connectivity index (χ4v) is 1.70. The molecule has 1 aromatic heterocycles. The van der Waals surface area contributed by atoms with E-state index in [1.54, 1.807) is 12.1 Å². The fraction of sp³-hybridized carbons (Fsp3) is 0.200. The molecule has 2 aromatic rings. The van der Waals surface area contributed by atoms with E-state index in [4.69, 9.17) is 9.52 Å². The van der Waals surface area contributed by atoms with Crippen LogP contribution in [0.4, 0.5) is 0 Å². The van der Waals surface area contributed by atoms with Crippen LogP contribution in [0.15, 0.2) is 40.8 Å². The van der Waals surface area contributed by atoms with Crippen LogP contribution in [-0.4, -0.2) is 23.5 Å². The molecule has 0 unspecified atom stereocenters. The van der Waals surface area contributed by atoms with E-state index < -0.39 is 11.9 Å². The van der Waals surface area contributed by atoms with Crippen molar-refractivity contribution in [2.75, 3.05) is 6.54 Å². The van der Waals surface area contributed by atoms with Gasteiger partial charge in [0.05, 0.1) is 6.42 Å². The number of carbonyl (C=O) groups excluding carboxylic acids is 1. The van der Waals surface area contributed by atoms with Crippen LogP contribution < -0.4 is 5.32 Å². The van der Waals surface area contributed by atoms with E-state index >= 15 is 0 Å². The van der Waals surface area contributed by atoms with E-state index in [1.807, 2.05) is 31.2 Å². The SMILES string of the molecule is Cc1ccc(-c2ccc(C(=O)NCCC(=O)O)o2)cc1. The molecule has 5 nitrogen and oxygen atoms in total. The summed E-state index contributed by atoms with van der Waals surface area (Å²) in [5, 5.41) is 11.0. The number of carboxylic acid groups (broad SMARTS) is 1. The van der Waals surface area contributed by atoms with Gasteiger partial charge in [0.15, 0.2) is 5.76 Å². The minimum atomic E-state index is -0.954. The molecule has 0 bridgehead atoms. The Morgan fingerprint density at radius 1 is 1.15 bits per heavy atom. The average Bonchev–Trinajstić information content (AvgIpc) is 2.88. The normalized spacial score (nSPS) is 10.2. The van der Waals surface area contributed by atoms with Gasteiger partial charge in [0, 0.05) is 12.1 Å². The molecule has 0 fully saturated rings. The molecule has 1 aromatic carbocycles. The van der Waals surface area contributed by atoms with Gasteiger partial charge in [-0.25, -0.2) is 0 Å². The van der Waals surface area contributed by atoms with Crippen LogP contribution in [0.1, 0.15) is 22.5 Å². The van der Waals surface area contributed by atoms with Gasteiger partial charge in [0.2, 0.25) is 0 Å². The largest absolute Gasteiger partial charge is 0.481 e. The number of aryl methyl sites for hydroxylation is 1. The van der Waals surface area contributed by atoms with Crippen LogP contribution in [0.25, 0.3) is 11.3 Å². The Morgan fingerprint density at radius 3 is 2.50 bits per heavy atom. The second-order valence-corrected chi connectivity index (χ2v) is 4.43. The Kier molecular flexibility index (Phi) is 4.20. The lowest BCUT2D eigenvalue weighted by atomic mass is 10.1. The number of hydrogen-bond donors (Lipinski definition) is 2. The Bertz CT molecular complexity index is 613. The number of furan rings is 1. The smallest absolute Gasteiger partial charge is 0.305 e. The van der Waals surface area contributed by atoms with Crippen molar-refractivity contribution in [2.45, 2.75) is 13.3 Å². The molecule has 0 spiro atoms. The average molecular weight is 273 g/mol. The number of benzene rings is 1. The molecule has 0 radical (unpaired) electrons. The lowest BCUT2D eigenvalue weighted by Crippen LogP contribution is -2.25. The van der Waals surface area contributed by atoms with E-state index in [2.05, 4.69) is 5.32 Å². The maximum atomic E-state index is 11.7. The van der Waals surface area contributed by atoms with Gasteiger partial charge in [-0.3, -0.25) is 9.59 Å². The van der Waals surface area contributed by atoms with Crippen LogP contribution in [0.3, 0.4) is 0 Å². The number of carboxylic acids is 1. The van der Waals surface area contributed by atoms with Gasteiger partial charge in [0.1, 0.15) is 5.76 Å². The lowest BCUT2D eigenvalue weighted by Gasteiger charge is -2.01. The summed E-state index contributed by atoms with van der Waals surface area (Å²) in [7, 11) is 0. The predicted molar refractivity (Wildman–Crippen MR) is 73.5 cm³/mol. The highest BCUT2D eigenvalue weighted by Crippen LogP contribution is 2.22. The number of carbonyl (C=O) groups is 2. The Labute approximate surface area is 116 Å². The lowest BCUT2D eigenvalue weighted by molar-refractivity contribution is -0.136. The molecule has 0 aliphatic heterocycles. The molecular formula is C15H15NO4. The van der Waals surface area contributed by atoms with Gasteiger partial charge >= 0.3 is 5.97 Å². The van der Waals surface area contributed by atoms with E-state index in [-0.39, 0.29) is 18.7 Å². The third kappa shape index (κ3) is 3.47. The van der Waals surface area contributed by atoms with Crippen molar-refractivity contribution < 1.29 is 19.1 Å². The first-order valence-corrected chi connectivity index (χ1v) is 6.23. The fourth-order valence-electron chi connectivity index (χ4n) is 1.70. The molecule has 0 aliphatic rings. The highest BCUT2D eigenvalue weighted by atomic mass is 16.4. The minimum absolute atomic E-state index is 0.0781. The van der Waals surface area contributed by atoms with Crippen LogP contribution >= 0.6 is 0 Å². The number of nitrogens with one attached hydrogen (secondary N) is 1. The Balaban J connectivity index is 2.03. The molecule has 104 valence electrons. The summed E-state index contributed by atoms with van der Waals surface area (Å²) in [6, 6.07) is 11.1. The zero-order valence-electron chi connectivity index (χ0n) is 11.1. The zero-order chi connectivity index (χ0) is 14.5. The molecule has 0 saturated heterocycles. The van der Waals surface area contributed by atoms with Crippen LogP contribution in [0.5, 0.6) is 0 Å². The molecule has 0 atom stereocenters. The first-order valence-electron chi connectivity index (χ1n) is 6.23. The molecular weight excluding hydrogens is 258 g/mol. The first kappa shape index (κ1) is 13.9. The van der Waals surface area contributed by atoms with Crippen molar-refractivity contribution in [1.29, 1.82) is 0 Å². The third-order valence-electron chi connectivity index (χ3n) is 2.79. The third-order valence-corrected chi connectivity index (χ3v) is 2.79. The van der Waals surface area contributed by atoms with Gasteiger partial charge in [-0.1, -0.05) is 29.8 Å². The summed E-state index contributed by atoms with van der Waals surface area (Å²) >= 11 is 0. The minimum Gasteiger partial charge on any atom is -0.481 e. The summed E-state index contributed by atoms with van der Waals surface area (Å²) in [4.78, 5) is 22.1. The summed E-state index contributed by atoms with van der Waals surface area (Å²) in [6.45, 7) is 2.07. The van der Waals surface area contributed by atoms with Crippen LogP contribution in [-0.2, 0) is 4.79 Å². The molecule has 1 amide bonds. The van der Waals surface area contributed by atoms with Crippen molar-refractivity contribution in [1.82, 2.24) is 5.32 Å². The molecule has 0 saturated carbocycles. The van der Waals surface area contributed by atoms with Crippen molar-refractivity contribution >= 4 is 11.9 Å². The molecule has 0 aliphatic carbocycles. The maximum absolute atomic E-state index is 11.7. The summed E-state index contributed by atoms with van der Waals surface area (Å²) in [5.74, 6) is -0.589. The Morgan fingerprint density at radius 2 is 1.85 bits per heavy atom. The Hall–Kier alpha value is -2.56. The number of hydrogen-bond acceptors (Lipinski definition) is 3. The summed E-state index contributed by atoms with van der Waals surface area (Å²) < 4.78 is 5.47. The number of aliphatic carboxylic acids is 1. The van der Waals surface area contributed by atoms with E-state index in [0.29, 0.717) is 5.76 Å². The molecule has 2 N–H and O–H groups in total. The molecule has 5 heteroatoms. The highest BCUT2D eigenvalue weighted by molar-refractivity contribution is 5.92. The first-order chi connectivity index (χ1) is 9.56. The maximum Gasteiger partial charge on any atom is 0.305 e. The molecule has 1 heterocycles. The van der Waals surface area contributed by atoms with Crippen molar-refractivity contribution in [3.05, 3.63) is 47.7 Å². The highest BCUT2D eigenvalue weighted by Gasteiger charge is 2.12. The monoisotopic (exact) mass is 273 g/mol. The van der Waals surface area contributed by atoms with Gasteiger partial charge in [-0.2, -0.15) is 0 Å². The second kappa shape index (κ2) is 6.06. The molecule has 20 heavy (non-hydrogen) atoms. The zero-order valence-corrected chi connectivity index (χ0v) is 11.1. The predicted octanol–water partition coefficient (Wildman–Crippen LogP) is 2.46.